The third-order valence-corrected chi connectivity index (χ3v) is 1.97. The van der Waals surface area contributed by atoms with Crippen LogP contribution in [0.1, 0.15) is 18.1 Å². The van der Waals surface area contributed by atoms with Crippen LogP contribution in [0, 0.1) is 0 Å². The molecule has 0 radical (unpaired) electrons. The van der Waals surface area contributed by atoms with Gasteiger partial charge in [-0.15, -0.1) is 0 Å². The second kappa shape index (κ2) is 4.53. The maximum absolute atomic E-state index is 12.3. The highest BCUT2D eigenvalue weighted by atomic mass is 19.4. The first-order chi connectivity index (χ1) is 6.95. The number of aromatic hydroxyl groups is 1. The Morgan fingerprint density at radius 2 is 2.00 bits per heavy atom. The van der Waals surface area contributed by atoms with Crippen molar-refractivity contribution in [2.45, 2.75) is 19.6 Å². The van der Waals surface area contributed by atoms with E-state index in [4.69, 9.17) is 0 Å². The number of hydrogen-bond donors (Lipinski definition) is 2. The Morgan fingerprint density at radius 3 is 2.53 bits per heavy atom. The number of hydrogen-bond acceptors (Lipinski definition) is 2. The molecule has 0 aliphatic carbocycles. The van der Waals surface area contributed by atoms with Gasteiger partial charge in [0.25, 0.3) is 0 Å². The highest BCUT2D eigenvalue weighted by Gasteiger charge is 2.30. The maximum atomic E-state index is 12.3. The molecule has 0 saturated carbocycles. The van der Waals surface area contributed by atoms with Crippen LogP contribution in [0.25, 0.3) is 0 Å². The van der Waals surface area contributed by atoms with Crippen LogP contribution in [-0.4, -0.2) is 11.7 Å². The Bertz CT molecular complexity index is 336. The third kappa shape index (κ3) is 3.13. The van der Waals surface area contributed by atoms with E-state index in [-0.39, 0.29) is 17.9 Å². The largest absolute Gasteiger partial charge is 0.508 e. The lowest BCUT2D eigenvalue weighted by molar-refractivity contribution is -0.137. The Balaban J connectivity index is 2.95. The first-order valence-corrected chi connectivity index (χ1v) is 4.55. The molecule has 0 aliphatic rings. The molecule has 0 heterocycles. The standard InChI is InChI=1S/C10H12F3NO/c1-2-14-6-7-5-8(10(11,12)13)3-4-9(7)15/h3-5,14-15H,2,6H2,1H3. The molecular weight excluding hydrogens is 207 g/mol. The van der Waals surface area contributed by atoms with Crippen molar-refractivity contribution in [2.75, 3.05) is 6.54 Å². The van der Waals surface area contributed by atoms with Crippen LogP contribution in [0.2, 0.25) is 0 Å². The first kappa shape index (κ1) is 11.8. The summed E-state index contributed by atoms with van der Waals surface area (Å²) in [6.45, 7) is 2.70. The van der Waals surface area contributed by atoms with Gasteiger partial charge in [-0.05, 0) is 24.7 Å². The second-order valence-electron chi connectivity index (χ2n) is 3.12. The van der Waals surface area contributed by atoms with Gasteiger partial charge in [-0.3, -0.25) is 0 Å². The maximum Gasteiger partial charge on any atom is 0.416 e. The molecule has 0 atom stereocenters. The zero-order valence-electron chi connectivity index (χ0n) is 8.23. The quantitative estimate of drug-likeness (QED) is 0.818. The summed E-state index contributed by atoms with van der Waals surface area (Å²) in [4.78, 5) is 0. The molecule has 15 heavy (non-hydrogen) atoms. The van der Waals surface area contributed by atoms with Gasteiger partial charge < -0.3 is 10.4 Å². The molecule has 0 unspecified atom stereocenters. The molecule has 2 N–H and O–H groups in total. The summed E-state index contributed by atoms with van der Waals surface area (Å²) < 4.78 is 37.0. The molecule has 0 spiro atoms. The van der Waals surface area contributed by atoms with Crippen molar-refractivity contribution < 1.29 is 18.3 Å². The Labute approximate surface area is 85.7 Å². The molecule has 1 rings (SSSR count). The van der Waals surface area contributed by atoms with Gasteiger partial charge in [0.1, 0.15) is 5.75 Å². The van der Waals surface area contributed by atoms with E-state index in [1.54, 1.807) is 0 Å². The molecule has 5 heteroatoms. The average molecular weight is 219 g/mol. The van der Waals surface area contributed by atoms with Gasteiger partial charge in [0, 0.05) is 12.1 Å². The van der Waals surface area contributed by atoms with Crippen LogP contribution in [0.4, 0.5) is 13.2 Å². The van der Waals surface area contributed by atoms with Gasteiger partial charge in [-0.25, -0.2) is 0 Å². The lowest BCUT2D eigenvalue weighted by Gasteiger charge is -2.10. The van der Waals surface area contributed by atoms with Gasteiger partial charge in [0.05, 0.1) is 5.56 Å². The van der Waals surface area contributed by atoms with Gasteiger partial charge in [0.2, 0.25) is 0 Å². The van der Waals surface area contributed by atoms with E-state index in [0.29, 0.717) is 6.54 Å². The van der Waals surface area contributed by atoms with E-state index < -0.39 is 11.7 Å². The molecule has 0 aliphatic heterocycles. The first-order valence-electron chi connectivity index (χ1n) is 4.55. The fourth-order valence-electron chi connectivity index (χ4n) is 1.16. The van der Waals surface area contributed by atoms with Crippen LogP contribution in [-0.2, 0) is 12.7 Å². The number of nitrogens with one attached hydrogen (secondary N) is 1. The molecule has 0 bridgehead atoms. The Kier molecular flexibility index (Phi) is 3.57. The van der Waals surface area contributed by atoms with Gasteiger partial charge in [0.15, 0.2) is 0 Å². The topological polar surface area (TPSA) is 32.3 Å². The van der Waals surface area contributed by atoms with Crippen molar-refractivity contribution in [3.05, 3.63) is 29.3 Å². The fraction of sp³-hybridized carbons (Fsp3) is 0.400. The van der Waals surface area contributed by atoms with Crippen molar-refractivity contribution in [1.82, 2.24) is 5.32 Å². The highest BCUT2D eigenvalue weighted by molar-refractivity contribution is 5.37. The van der Waals surface area contributed by atoms with Gasteiger partial charge in [-0.2, -0.15) is 13.2 Å². The minimum absolute atomic E-state index is 0.121. The zero-order valence-corrected chi connectivity index (χ0v) is 8.23. The lowest BCUT2D eigenvalue weighted by atomic mass is 10.1. The summed E-state index contributed by atoms with van der Waals surface area (Å²) in [7, 11) is 0. The number of rotatable bonds is 3. The van der Waals surface area contributed by atoms with Crippen molar-refractivity contribution in [3.63, 3.8) is 0 Å². The second-order valence-corrected chi connectivity index (χ2v) is 3.12. The van der Waals surface area contributed by atoms with E-state index in [9.17, 15) is 18.3 Å². The van der Waals surface area contributed by atoms with Gasteiger partial charge >= 0.3 is 6.18 Å². The fourth-order valence-corrected chi connectivity index (χ4v) is 1.16. The molecule has 84 valence electrons. The Morgan fingerprint density at radius 1 is 1.33 bits per heavy atom. The third-order valence-electron chi connectivity index (χ3n) is 1.97. The minimum Gasteiger partial charge on any atom is -0.508 e. The summed E-state index contributed by atoms with van der Waals surface area (Å²) in [6, 6.07) is 2.89. The van der Waals surface area contributed by atoms with E-state index in [1.807, 2.05) is 6.92 Å². The SMILES string of the molecule is CCNCc1cc(C(F)(F)F)ccc1O. The smallest absolute Gasteiger partial charge is 0.416 e. The van der Waals surface area contributed by atoms with Crippen molar-refractivity contribution in [3.8, 4) is 5.75 Å². The summed E-state index contributed by atoms with van der Waals surface area (Å²) in [6.07, 6.45) is -4.37. The number of benzene rings is 1. The summed E-state index contributed by atoms with van der Waals surface area (Å²) in [5, 5.41) is 12.2. The van der Waals surface area contributed by atoms with Crippen molar-refractivity contribution in [1.29, 1.82) is 0 Å². The van der Waals surface area contributed by atoms with Crippen LogP contribution >= 0.6 is 0 Å². The van der Waals surface area contributed by atoms with Gasteiger partial charge in [-0.1, -0.05) is 6.92 Å². The number of halogens is 3. The van der Waals surface area contributed by atoms with Crippen LogP contribution in [0.15, 0.2) is 18.2 Å². The van der Waals surface area contributed by atoms with E-state index in [1.165, 1.54) is 0 Å². The Hall–Kier alpha value is -1.23. The minimum atomic E-state index is -4.37. The summed E-state index contributed by atoms with van der Waals surface area (Å²) >= 11 is 0. The molecule has 0 fully saturated rings. The number of phenolic OH excluding ortho intramolecular Hbond substituents is 1. The molecule has 1 aromatic rings. The monoisotopic (exact) mass is 219 g/mol. The highest BCUT2D eigenvalue weighted by Crippen LogP contribution is 2.32. The van der Waals surface area contributed by atoms with Crippen LogP contribution < -0.4 is 5.32 Å². The van der Waals surface area contributed by atoms with E-state index in [0.717, 1.165) is 18.2 Å². The predicted octanol–water partition coefficient (Wildman–Crippen LogP) is 2.52. The lowest BCUT2D eigenvalue weighted by Crippen LogP contribution is -2.13. The summed E-state index contributed by atoms with van der Waals surface area (Å²) in [5.41, 5.74) is -0.486. The zero-order chi connectivity index (χ0) is 11.5. The van der Waals surface area contributed by atoms with E-state index >= 15 is 0 Å². The molecular formula is C10H12F3NO. The molecule has 0 saturated heterocycles. The molecule has 2 nitrogen and oxygen atoms in total. The molecule has 0 amide bonds. The molecule has 0 aromatic heterocycles. The summed E-state index contributed by atoms with van der Waals surface area (Å²) in [5.74, 6) is -0.121. The number of alkyl halides is 3. The van der Waals surface area contributed by atoms with Crippen LogP contribution in [0.3, 0.4) is 0 Å². The number of phenols is 1. The molecule has 1 aromatic carbocycles. The van der Waals surface area contributed by atoms with Crippen LogP contribution in [0.5, 0.6) is 5.75 Å². The normalized spacial score (nSPS) is 11.7. The predicted molar refractivity (Wildman–Crippen MR) is 50.5 cm³/mol. The van der Waals surface area contributed by atoms with Crippen molar-refractivity contribution in [2.24, 2.45) is 0 Å². The van der Waals surface area contributed by atoms with E-state index in [2.05, 4.69) is 5.32 Å². The average Bonchev–Trinajstić information content (AvgIpc) is 2.15. The van der Waals surface area contributed by atoms with Crippen molar-refractivity contribution >= 4 is 0 Å².